The number of hydrogen-bond acceptors (Lipinski definition) is 3. The van der Waals surface area contributed by atoms with Gasteiger partial charge < -0.3 is 4.74 Å². The number of hydrogen-bond donors (Lipinski definition) is 2. The van der Waals surface area contributed by atoms with Crippen LogP contribution in [-0.2, 0) is 0 Å². The van der Waals surface area contributed by atoms with Crippen LogP contribution in [0.1, 0.15) is 30.5 Å². The van der Waals surface area contributed by atoms with Crippen molar-refractivity contribution in [2.24, 2.45) is 5.84 Å². The first kappa shape index (κ1) is 14.9. The van der Waals surface area contributed by atoms with E-state index in [0.29, 0.717) is 5.02 Å². The fourth-order valence-corrected chi connectivity index (χ4v) is 2.30. The zero-order valence-corrected chi connectivity index (χ0v) is 12.2. The first-order chi connectivity index (χ1) is 9.76. The van der Waals surface area contributed by atoms with E-state index < -0.39 is 0 Å². The van der Waals surface area contributed by atoms with Crippen molar-refractivity contribution in [3.05, 3.63) is 64.7 Å². The van der Waals surface area contributed by atoms with Crippen LogP contribution < -0.4 is 16.0 Å². The van der Waals surface area contributed by atoms with Crippen LogP contribution in [-0.4, -0.2) is 6.61 Å². The van der Waals surface area contributed by atoms with Crippen LogP contribution in [0.4, 0.5) is 0 Å². The lowest BCUT2D eigenvalue weighted by Gasteiger charge is -2.18. The smallest absolute Gasteiger partial charge is 0.119 e. The van der Waals surface area contributed by atoms with Gasteiger partial charge in [0, 0.05) is 5.02 Å². The van der Waals surface area contributed by atoms with Crippen LogP contribution in [0.3, 0.4) is 0 Å². The monoisotopic (exact) mass is 290 g/mol. The molecule has 4 heteroatoms. The van der Waals surface area contributed by atoms with Gasteiger partial charge in [0.15, 0.2) is 0 Å². The minimum absolute atomic E-state index is 0.135. The van der Waals surface area contributed by atoms with E-state index in [1.807, 2.05) is 48.5 Å². The van der Waals surface area contributed by atoms with Gasteiger partial charge in [0.05, 0.1) is 12.6 Å². The van der Waals surface area contributed by atoms with Gasteiger partial charge in [-0.1, -0.05) is 48.9 Å². The number of nitrogens with one attached hydrogen (secondary N) is 1. The van der Waals surface area contributed by atoms with Crippen molar-refractivity contribution in [3.63, 3.8) is 0 Å². The Labute approximate surface area is 124 Å². The SMILES string of the molecule is CCCOc1ccc(C(NN)c2ccccc2Cl)cc1. The second-order valence-electron chi connectivity index (χ2n) is 4.54. The van der Waals surface area contributed by atoms with Gasteiger partial charge in [-0.05, 0) is 35.7 Å². The molecular weight excluding hydrogens is 272 g/mol. The van der Waals surface area contributed by atoms with E-state index >= 15 is 0 Å². The molecule has 0 saturated heterocycles. The van der Waals surface area contributed by atoms with E-state index in [1.54, 1.807) is 0 Å². The van der Waals surface area contributed by atoms with Crippen molar-refractivity contribution in [2.75, 3.05) is 6.61 Å². The molecule has 0 aliphatic rings. The number of ether oxygens (including phenoxy) is 1. The number of nitrogens with two attached hydrogens (primary N) is 1. The van der Waals surface area contributed by atoms with E-state index in [0.717, 1.165) is 29.9 Å². The fraction of sp³-hybridized carbons (Fsp3) is 0.250. The van der Waals surface area contributed by atoms with Gasteiger partial charge in [-0.25, -0.2) is 5.43 Å². The third kappa shape index (κ3) is 3.51. The molecule has 0 amide bonds. The second kappa shape index (κ2) is 7.29. The molecule has 3 N–H and O–H groups in total. The molecular formula is C16H19ClN2O. The minimum Gasteiger partial charge on any atom is -0.494 e. The number of halogens is 1. The average molecular weight is 291 g/mol. The standard InChI is InChI=1S/C16H19ClN2O/c1-2-11-20-13-9-7-12(8-10-13)16(19-18)14-5-3-4-6-15(14)17/h3-10,16,19H,2,11,18H2,1H3. The quantitative estimate of drug-likeness (QED) is 0.630. The maximum Gasteiger partial charge on any atom is 0.119 e. The summed E-state index contributed by atoms with van der Waals surface area (Å²) in [6, 6.07) is 15.4. The molecule has 0 radical (unpaired) electrons. The molecule has 0 spiro atoms. The first-order valence-corrected chi connectivity index (χ1v) is 7.07. The van der Waals surface area contributed by atoms with Crippen molar-refractivity contribution < 1.29 is 4.74 Å². The molecule has 0 aliphatic carbocycles. The molecule has 0 saturated carbocycles. The summed E-state index contributed by atoms with van der Waals surface area (Å²) in [5, 5.41) is 0.696. The Kier molecular flexibility index (Phi) is 5.41. The van der Waals surface area contributed by atoms with Crippen LogP contribution in [0.2, 0.25) is 5.02 Å². The van der Waals surface area contributed by atoms with E-state index in [2.05, 4.69) is 12.3 Å². The molecule has 0 fully saturated rings. The summed E-state index contributed by atoms with van der Waals surface area (Å²) in [7, 11) is 0. The molecule has 2 rings (SSSR count). The van der Waals surface area contributed by atoms with Crippen LogP contribution in [0, 0.1) is 0 Å². The van der Waals surface area contributed by atoms with Gasteiger partial charge >= 0.3 is 0 Å². The molecule has 20 heavy (non-hydrogen) atoms. The Morgan fingerprint density at radius 1 is 1.15 bits per heavy atom. The summed E-state index contributed by atoms with van der Waals surface area (Å²) in [4.78, 5) is 0. The van der Waals surface area contributed by atoms with Crippen molar-refractivity contribution >= 4 is 11.6 Å². The van der Waals surface area contributed by atoms with Crippen molar-refractivity contribution in [3.8, 4) is 5.75 Å². The van der Waals surface area contributed by atoms with E-state index in [9.17, 15) is 0 Å². The Bertz CT molecular complexity index is 542. The third-order valence-electron chi connectivity index (χ3n) is 3.07. The van der Waals surface area contributed by atoms with Crippen LogP contribution in [0.15, 0.2) is 48.5 Å². The molecule has 2 aromatic rings. The largest absolute Gasteiger partial charge is 0.494 e. The fourth-order valence-electron chi connectivity index (χ4n) is 2.05. The highest BCUT2D eigenvalue weighted by Gasteiger charge is 2.15. The van der Waals surface area contributed by atoms with Gasteiger partial charge in [-0.3, -0.25) is 5.84 Å². The van der Waals surface area contributed by atoms with Crippen LogP contribution >= 0.6 is 11.6 Å². The predicted octanol–water partition coefficient (Wildman–Crippen LogP) is 3.68. The minimum atomic E-state index is -0.135. The second-order valence-corrected chi connectivity index (χ2v) is 4.95. The molecule has 106 valence electrons. The highest BCUT2D eigenvalue weighted by atomic mass is 35.5. The number of benzene rings is 2. The summed E-state index contributed by atoms with van der Waals surface area (Å²) < 4.78 is 5.58. The van der Waals surface area contributed by atoms with Crippen LogP contribution in [0.5, 0.6) is 5.75 Å². The van der Waals surface area contributed by atoms with Gasteiger partial charge in [-0.2, -0.15) is 0 Å². The third-order valence-corrected chi connectivity index (χ3v) is 3.41. The normalized spacial score (nSPS) is 12.2. The maximum atomic E-state index is 6.23. The lowest BCUT2D eigenvalue weighted by Crippen LogP contribution is -2.29. The summed E-state index contributed by atoms with van der Waals surface area (Å²) >= 11 is 6.23. The lowest BCUT2D eigenvalue weighted by atomic mass is 9.99. The molecule has 0 heterocycles. The van der Waals surface area contributed by atoms with E-state index in [4.69, 9.17) is 22.2 Å². The molecule has 1 atom stereocenters. The van der Waals surface area contributed by atoms with E-state index in [1.165, 1.54) is 0 Å². The Hall–Kier alpha value is -1.55. The highest BCUT2D eigenvalue weighted by molar-refractivity contribution is 6.31. The zero-order chi connectivity index (χ0) is 14.4. The first-order valence-electron chi connectivity index (χ1n) is 6.69. The predicted molar refractivity (Wildman–Crippen MR) is 82.8 cm³/mol. The Balaban J connectivity index is 2.22. The van der Waals surface area contributed by atoms with Gasteiger partial charge in [-0.15, -0.1) is 0 Å². The maximum absolute atomic E-state index is 6.23. The van der Waals surface area contributed by atoms with Gasteiger partial charge in [0.1, 0.15) is 5.75 Å². The average Bonchev–Trinajstić information content (AvgIpc) is 2.49. The lowest BCUT2D eigenvalue weighted by molar-refractivity contribution is 0.317. The molecule has 1 unspecified atom stereocenters. The molecule has 2 aromatic carbocycles. The topological polar surface area (TPSA) is 47.3 Å². The number of rotatable bonds is 6. The molecule has 3 nitrogen and oxygen atoms in total. The van der Waals surface area contributed by atoms with Crippen molar-refractivity contribution in [1.29, 1.82) is 0 Å². The molecule has 0 aliphatic heterocycles. The highest BCUT2D eigenvalue weighted by Crippen LogP contribution is 2.28. The Morgan fingerprint density at radius 3 is 2.45 bits per heavy atom. The zero-order valence-electron chi connectivity index (χ0n) is 11.5. The molecule has 0 bridgehead atoms. The summed E-state index contributed by atoms with van der Waals surface area (Å²) in [6.07, 6.45) is 0.994. The van der Waals surface area contributed by atoms with Gasteiger partial charge in [0.25, 0.3) is 0 Å². The summed E-state index contributed by atoms with van der Waals surface area (Å²) in [5.74, 6) is 6.55. The Morgan fingerprint density at radius 2 is 1.85 bits per heavy atom. The summed E-state index contributed by atoms with van der Waals surface area (Å²) in [5.41, 5.74) is 4.82. The van der Waals surface area contributed by atoms with Crippen molar-refractivity contribution in [1.82, 2.24) is 5.43 Å². The van der Waals surface area contributed by atoms with Crippen molar-refractivity contribution in [2.45, 2.75) is 19.4 Å². The van der Waals surface area contributed by atoms with E-state index in [-0.39, 0.29) is 6.04 Å². The molecule has 0 aromatic heterocycles. The van der Waals surface area contributed by atoms with Gasteiger partial charge in [0.2, 0.25) is 0 Å². The van der Waals surface area contributed by atoms with Crippen LogP contribution in [0.25, 0.3) is 0 Å². The number of hydrazine groups is 1. The summed E-state index contributed by atoms with van der Waals surface area (Å²) in [6.45, 7) is 2.81.